The monoisotopic (exact) mass is 519 g/mol. The van der Waals surface area contributed by atoms with Crippen LogP contribution in [0.5, 0.6) is 0 Å². The average molecular weight is 520 g/mol. The first-order valence-electron chi connectivity index (χ1n) is 13.0. The fourth-order valence-electron chi connectivity index (χ4n) is 6.43. The Labute approximate surface area is 223 Å². The van der Waals surface area contributed by atoms with Crippen LogP contribution in [-0.2, 0) is 29.0 Å². The molecule has 1 N–H and O–H groups in total. The third kappa shape index (κ3) is 3.22. The molecule has 5 heterocycles. The molecule has 1 spiro atoms. The molecule has 9 nitrogen and oxygen atoms in total. The highest BCUT2D eigenvalue weighted by Gasteiger charge is 2.64. The van der Waals surface area contributed by atoms with Gasteiger partial charge in [-0.2, -0.15) is 0 Å². The third-order valence-electron chi connectivity index (χ3n) is 8.28. The predicted octanol–water partition coefficient (Wildman–Crippen LogP) is 2.93. The number of hydrogen-bond donors (Lipinski definition) is 1. The van der Waals surface area contributed by atoms with Gasteiger partial charge in [-0.3, -0.25) is 29.0 Å². The van der Waals surface area contributed by atoms with E-state index < -0.39 is 29.3 Å². The van der Waals surface area contributed by atoms with Crippen LogP contribution in [0.25, 0.3) is 5.65 Å². The maximum Gasteiger partial charge on any atom is 0.331 e. The van der Waals surface area contributed by atoms with Crippen LogP contribution >= 0.6 is 0 Å². The lowest BCUT2D eigenvalue weighted by atomic mass is 9.65. The Morgan fingerprint density at radius 1 is 0.974 bits per heavy atom. The van der Waals surface area contributed by atoms with Crippen molar-refractivity contribution in [1.29, 1.82) is 0 Å². The van der Waals surface area contributed by atoms with Crippen molar-refractivity contribution in [3.63, 3.8) is 0 Å². The molecule has 4 amide bonds. The number of urea groups is 1. The highest BCUT2D eigenvalue weighted by atomic mass is 16.2. The Bertz CT molecular complexity index is 1760. The zero-order valence-corrected chi connectivity index (χ0v) is 21.3. The Hall–Kier alpha value is -4.79. The molecule has 3 aliphatic heterocycles. The smallest absolute Gasteiger partial charge is 0.331 e. The van der Waals surface area contributed by atoms with E-state index >= 15 is 0 Å². The molecule has 7 rings (SSSR count). The Morgan fingerprint density at radius 2 is 1.74 bits per heavy atom. The molecule has 0 aliphatic carbocycles. The summed E-state index contributed by atoms with van der Waals surface area (Å²) in [6, 6.07) is 19.1. The molecule has 1 fully saturated rings. The van der Waals surface area contributed by atoms with E-state index in [1.54, 1.807) is 12.3 Å². The zero-order valence-electron chi connectivity index (χ0n) is 21.3. The predicted molar refractivity (Wildman–Crippen MR) is 143 cm³/mol. The molecule has 0 saturated carbocycles. The number of fused-ring (bicyclic) bond motifs is 7. The lowest BCUT2D eigenvalue weighted by molar-refractivity contribution is -0.154. The van der Waals surface area contributed by atoms with Gasteiger partial charge in [-0.05, 0) is 41.7 Å². The van der Waals surface area contributed by atoms with Crippen molar-refractivity contribution in [3.8, 4) is 0 Å². The lowest BCUT2D eigenvalue weighted by Crippen LogP contribution is -2.70. The number of imide groups is 2. The van der Waals surface area contributed by atoms with Gasteiger partial charge < -0.3 is 4.90 Å². The Balaban J connectivity index is 1.48. The van der Waals surface area contributed by atoms with Crippen LogP contribution in [0.1, 0.15) is 33.9 Å². The molecule has 2 unspecified atom stereocenters. The number of amides is 4. The summed E-state index contributed by atoms with van der Waals surface area (Å²) >= 11 is 0. The minimum Gasteiger partial charge on any atom is -0.347 e. The molecule has 2 aromatic heterocycles. The third-order valence-corrected chi connectivity index (χ3v) is 8.28. The van der Waals surface area contributed by atoms with E-state index in [0.29, 0.717) is 30.0 Å². The molecule has 4 aromatic rings. The van der Waals surface area contributed by atoms with Crippen LogP contribution in [0.4, 0.5) is 10.6 Å². The highest BCUT2D eigenvalue weighted by Crippen LogP contribution is 2.52. The molecule has 0 radical (unpaired) electrons. The Kier molecular flexibility index (Phi) is 5.00. The van der Waals surface area contributed by atoms with E-state index in [1.165, 1.54) is 4.40 Å². The van der Waals surface area contributed by atoms with Crippen LogP contribution in [0, 0.1) is 12.3 Å². The van der Waals surface area contributed by atoms with E-state index in [4.69, 9.17) is 4.98 Å². The number of aromatic nitrogens is 2. The summed E-state index contributed by atoms with van der Waals surface area (Å²) in [6.45, 7) is 2.38. The lowest BCUT2D eigenvalue weighted by Gasteiger charge is -2.53. The number of benzene rings is 2. The van der Waals surface area contributed by atoms with Crippen LogP contribution < -0.4 is 15.8 Å². The summed E-state index contributed by atoms with van der Waals surface area (Å²) in [5.41, 5.74) is 2.25. The van der Waals surface area contributed by atoms with E-state index in [0.717, 1.165) is 27.2 Å². The number of carbonyl (C=O) groups excluding carboxylic acids is 3. The maximum absolute atomic E-state index is 14.5. The van der Waals surface area contributed by atoms with E-state index in [-0.39, 0.29) is 18.5 Å². The van der Waals surface area contributed by atoms with Gasteiger partial charge in [0.2, 0.25) is 11.8 Å². The number of rotatable bonds is 2. The van der Waals surface area contributed by atoms with Crippen molar-refractivity contribution >= 4 is 29.3 Å². The van der Waals surface area contributed by atoms with Crippen LogP contribution in [0.15, 0.2) is 77.7 Å². The molecule has 1 saturated heterocycles. The van der Waals surface area contributed by atoms with Gasteiger partial charge in [-0.15, -0.1) is 0 Å². The normalized spacial score (nSPS) is 22.0. The minimum atomic E-state index is -1.73. The topological polar surface area (TPSA) is 104 Å². The van der Waals surface area contributed by atoms with Crippen LogP contribution in [-0.4, -0.2) is 38.7 Å². The molecule has 194 valence electrons. The van der Waals surface area contributed by atoms with Gasteiger partial charge in [-0.1, -0.05) is 60.7 Å². The molecular weight excluding hydrogens is 494 g/mol. The molecule has 2 atom stereocenters. The van der Waals surface area contributed by atoms with Gasteiger partial charge in [0.05, 0.1) is 18.2 Å². The largest absolute Gasteiger partial charge is 0.347 e. The summed E-state index contributed by atoms with van der Waals surface area (Å²) in [4.78, 5) is 63.4. The number of pyridine rings is 1. The number of nitrogens with one attached hydrogen (secondary N) is 1. The van der Waals surface area contributed by atoms with Gasteiger partial charge in [0.1, 0.15) is 11.5 Å². The fourth-order valence-corrected chi connectivity index (χ4v) is 6.43. The summed E-state index contributed by atoms with van der Waals surface area (Å²) in [5.74, 6) is -0.800. The van der Waals surface area contributed by atoms with Crippen molar-refractivity contribution < 1.29 is 14.4 Å². The van der Waals surface area contributed by atoms with Crippen molar-refractivity contribution in [2.45, 2.75) is 32.4 Å². The minimum absolute atomic E-state index is 0.00983. The molecule has 0 bridgehead atoms. The van der Waals surface area contributed by atoms with Crippen molar-refractivity contribution in [2.75, 3.05) is 11.4 Å². The number of aryl methyl sites for hydroxylation is 1. The SMILES string of the molecule is Cc1cccn2c(=O)c3c(nc12)N1CCc2ccccc2C1C1(C3)C(=O)NC(=O)N(Cc2ccccc2)C1=O. The Morgan fingerprint density at radius 3 is 2.56 bits per heavy atom. The molecular formula is C30H25N5O4. The summed E-state index contributed by atoms with van der Waals surface area (Å²) < 4.78 is 1.47. The summed E-state index contributed by atoms with van der Waals surface area (Å²) in [6.07, 6.45) is 2.15. The average Bonchev–Trinajstić information content (AvgIpc) is 2.95. The fraction of sp³-hybridized carbons (Fsp3) is 0.233. The molecule has 2 aromatic carbocycles. The zero-order chi connectivity index (χ0) is 26.9. The number of carbonyl (C=O) groups is 3. The van der Waals surface area contributed by atoms with Gasteiger partial charge >= 0.3 is 6.03 Å². The summed E-state index contributed by atoms with van der Waals surface area (Å²) in [7, 11) is 0. The second-order valence-electron chi connectivity index (χ2n) is 10.4. The first-order valence-corrected chi connectivity index (χ1v) is 13.0. The second kappa shape index (κ2) is 8.36. The van der Waals surface area contributed by atoms with E-state index in [1.807, 2.05) is 72.5 Å². The van der Waals surface area contributed by atoms with Crippen LogP contribution in [0.3, 0.4) is 0 Å². The van der Waals surface area contributed by atoms with Crippen LogP contribution in [0.2, 0.25) is 0 Å². The quantitative estimate of drug-likeness (QED) is 0.409. The first kappa shape index (κ1) is 23.3. The first-order chi connectivity index (χ1) is 18.9. The number of hydrogen-bond acceptors (Lipinski definition) is 6. The maximum atomic E-state index is 14.5. The van der Waals surface area contributed by atoms with E-state index in [9.17, 15) is 19.2 Å². The van der Waals surface area contributed by atoms with Gasteiger partial charge in [0, 0.05) is 19.2 Å². The van der Waals surface area contributed by atoms with Gasteiger partial charge in [0.15, 0.2) is 5.41 Å². The van der Waals surface area contributed by atoms with Crippen molar-refractivity contribution in [3.05, 3.63) is 111 Å². The number of barbiturate groups is 1. The van der Waals surface area contributed by atoms with Gasteiger partial charge in [-0.25, -0.2) is 9.78 Å². The molecule has 9 heteroatoms. The van der Waals surface area contributed by atoms with Crippen molar-refractivity contribution in [1.82, 2.24) is 19.6 Å². The second-order valence-corrected chi connectivity index (χ2v) is 10.4. The number of nitrogens with zero attached hydrogens (tertiary/aromatic N) is 4. The summed E-state index contributed by atoms with van der Waals surface area (Å²) in [5, 5.41) is 2.47. The standard InChI is InChI=1S/C30H25N5O4/c1-18-8-7-14-34-24(18)31-25-22(26(34)36)16-30(23-21-12-6-5-11-20(21)13-15-33(23)25)27(37)32-29(39)35(28(30)38)17-19-9-3-2-4-10-19/h2-12,14,23H,13,15-17H2,1H3,(H,32,37,39). The van der Waals surface area contributed by atoms with Gasteiger partial charge in [0.25, 0.3) is 5.56 Å². The van der Waals surface area contributed by atoms with E-state index in [2.05, 4.69) is 5.32 Å². The van der Waals surface area contributed by atoms with Crippen molar-refractivity contribution in [2.24, 2.45) is 5.41 Å². The highest BCUT2D eigenvalue weighted by molar-refractivity contribution is 6.20. The number of anilines is 1. The molecule has 3 aliphatic rings. The molecule has 39 heavy (non-hydrogen) atoms.